The SMILES string of the molecule is CCNc1cc(C(=O)Nc2cnccn2)ccn1. The van der Waals surface area contributed by atoms with Gasteiger partial charge in [0.25, 0.3) is 5.91 Å². The van der Waals surface area contributed by atoms with Gasteiger partial charge in [0.05, 0.1) is 6.20 Å². The molecule has 0 aromatic carbocycles. The maximum absolute atomic E-state index is 11.9. The number of anilines is 2. The second-order valence-corrected chi connectivity index (χ2v) is 3.50. The number of aromatic nitrogens is 3. The molecule has 0 aliphatic rings. The predicted molar refractivity (Wildman–Crippen MR) is 68.4 cm³/mol. The van der Waals surface area contributed by atoms with Gasteiger partial charge in [-0.25, -0.2) is 9.97 Å². The molecule has 6 nitrogen and oxygen atoms in total. The maximum atomic E-state index is 11.9. The molecule has 2 N–H and O–H groups in total. The standard InChI is InChI=1S/C12H13N5O/c1-2-14-10-7-9(3-4-15-10)12(18)17-11-8-13-5-6-16-11/h3-8H,2H2,1H3,(H,14,15)(H,16,17,18). The summed E-state index contributed by atoms with van der Waals surface area (Å²) in [6, 6.07) is 3.34. The first kappa shape index (κ1) is 12.0. The molecule has 2 rings (SSSR count). The molecule has 0 saturated heterocycles. The van der Waals surface area contributed by atoms with Gasteiger partial charge in [-0.2, -0.15) is 0 Å². The van der Waals surface area contributed by atoms with Gasteiger partial charge in [-0.15, -0.1) is 0 Å². The van der Waals surface area contributed by atoms with Gasteiger partial charge in [0.2, 0.25) is 0 Å². The highest BCUT2D eigenvalue weighted by Crippen LogP contribution is 2.08. The second-order valence-electron chi connectivity index (χ2n) is 3.50. The Labute approximate surface area is 105 Å². The minimum Gasteiger partial charge on any atom is -0.370 e. The summed E-state index contributed by atoms with van der Waals surface area (Å²) in [5.41, 5.74) is 0.520. The lowest BCUT2D eigenvalue weighted by Gasteiger charge is -2.06. The predicted octanol–water partition coefficient (Wildman–Crippen LogP) is 1.56. The van der Waals surface area contributed by atoms with Gasteiger partial charge in [0.15, 0.2) is 5.82 Å². The highest BCUT2D eigenvalue weighted by Gasteiger charge is 2.07. The first-order chi connectivity index (χ1) is 8.79. The molecule has 1 amide bonds. The van der Waals surface area contributed by atoms with Gasteiger partial charge < -0.3 is 10.6 Å². The topological polar surface area (TPSA) is 79.8 Å². The Hall–Kier alpha value is -2.50. The Morgan fingerprint density at radius 2 is 2.06 bits per heavy atom. The fourth-order valence-electron chi connectivity index (χ4n) is 1.40. The molecule has 18 heavy (non-hydrogen) atoms. The lowest BCUT2D eigenvalue weighted by molar-refractivity contribution is 0.102. The van der Waals surface area contributed by atoms with Crippen molar-refractivity contribution in [3.8, 4) is 0 Å². The third-order valence-corrected chi connectivity index (χ3v) is 2.18. The van der Waals surface area contributed by atoms with Crippen LogP contribution in [-0.2, 0) is 0 Å². The van der Waals surface area contributed by atoms with Crippen LogP contribution in [0.25, 0.3) is 0 Å². The molecular formula is C12H13N5O. The molecule has 0 atom stereocenters. The van der Waals surface area contributed by atoms with E-state index in [2.05, 4.69) is 25.6 Å². The van der Waals surface area contributed by atoms with Crippen molar-refractivity contribution in [3.05, 3.63) is 42.5 Å². The van der Waals surface area contributed by atoms with Crippen molar-refractivity contribution in [2.75, 3.05) is 17.2 Å². The van der Waals surface area contributed by atoms with E-state index in [1.807, 2.05) is 6.92 Å². The van der Waals surface area contributed by atoms with Gasteiger partial charge in [0.1, 0.15) is 5.82 Å². The summed E-state index contributed by atoms with van der Waals surface area (Å²) in [5.74, 6) is 0.852. The van der Waals surface area contributed by atoms with Crippen LogP contribution in [0.15, 0.2) is 36.9 Å². The third kappa shape index (κ3) is 3.00. The van der Waals surface area contributed by atoms with Crippen LogP contribution in [0.4, 0.5) is 11.6 Å². The molecule has 0 aliphatic heterocycles. The van der Waals surface area contributed by atoms with Crippen molar-refractivity contribution in [1.82, 2.24) is 15.0 Å². The molecule has 2 heterocycles. The zero-order chi connectivity index (χ0) is 12.8. The summed E-state index contributed by atoms with van der Waals surface area (Å²) in [4.78, 5) is 23.9. The maximum Gasteiger partial charge on any atom is 0.257 e. The third-order valence-electron chi connectivity index (χ3n) is 2.18. The van der Waals surface area contributed by atoms with Crippen LogP contribution in [0.3, 0.4) is 0 Å². The van der Waals surface area contributed by atoms with Crippen LogP contribution in [0.2, 0.25) is 0 Å². The number of rotatable bonds is 4. The summed E-state index contributed by atoms with van der Waals surface area (Å²) in [6.45, 7) is 2.72. The van der Waals surface area contributed by atoms with Gasteiger partial charge in [-0.3, -0.25) is 9.78 Å². The summed E-state index contributed by atoms with van der Waals surface area (Å²) < 4.78 is 0. The molecule has 0 bridgehead atoms. The normalized spacial score (nSPS) is 9.83. The van der Waals surface area contributed by atoms with E-state index in [0.29, 0.717) is 17.2 Å². The Kier molecular flexibility index (Phi) is 3.80. The van der Waals surface area contributed by atoms with Crippen molar-refractivity contribution < 1.29 is 4.79 Å². The number of hydrogen-bond acceptors (Lipinski definition) is 5. The lowest BCUT2D eigenvalue weighted by atomic mass is 10.2. The van der Waals surface area contributed by atoms with E-state index in [-0.39, 0.29) is 5.91 Å². The van der Waals surface area contributed by atoms with E-state index < -0.39 is 0 Å². The van der Waals surface area contributed by atoms with Crippen molar-refractivity contribution >= 4 is 17.5 Å². The number of hydrogen-bond donors (Lipinski definition) is 2. The molecule has 0 aliphatic carbocycles. The summed E-state index contributed by atoms with van der Waals surface area (Å²) in [7, 11) is 0. The van der Waals surface area contributed by atoms with Crippen LogP contribution in [0.5, 0.6) is 0 Å². The average Bonchev–Trinajstić information content (AvgIpc) is 2.40. The Morgan fingerprint density at radius 3 is 2.78 bits per heavy atom. The van der Waals surface area contributed by atoms with E-state index >= 15 is 0 Å². The monoisotopic (exact) mass is 243 g/mol. The highest BCUT2D eigenvalue weighted by molar-refractivity contribution is 6.04. The van der Waals surface area contributed by atoms with E-state index in [4.69, 9.17) is 0 Å². The smallest absolute Gasteiger partial charge is 0.257 e. The summed E-state index contributed by atoms with van der Waals surface area (Å²) in [6.07, 6.45) is 6.14. The number of amides is 1. The zero-order valence-electron chi connectivity index (χ0n) is 9.92. The fraction of sp³-hybridized carbons (Fsp3) is 0.167. The van der Waals surface area contributed by atoms with Gasteiger partial charge in [-0.1, -0.05) is 0 Å². The number of carbonyl (C=O) groups is 1. The molecule has 0 spiro atoms. The Bertz CT molecular complexity index is 529. The van der Waals surface area contributed by atoms with Crippen molar-refractivity contribution in [2.24, 2.45) is 0 Å². The van der Waals surface area contributed by atoms with E-state index in [1.165, 1.54) is 12.4 Å². The number of carbonyl (C=O) groups excluding carboxylic acids is 1. The molecule has 0 saturated carbocycles. The number of pyridine rings is 1. The molecule has 2 aromatic rings. The number of nitrogens with zero attached hydrogens (tertiary/aromatic N) is 3. The molecule has 92 valence electrons. The van der Waals surface area contributed by atoms with Crippen LogP contribution >= 0.6 is 0 Å². The minimum absolute atomic E-state index is 0.239. The summed E-state index contributed by atoms with van der Waals surface area (Å²) >= 11 is 0. The van der Waals surface area contributed by atoms with E-state index in [9.17, 15) is 4.79 Å². The van der Waals surface area contributed by atoms with Crippen LogP contribution in [-0.4, -0.2) is 27.4 Å². The Balaban J connectivity index is 2.11. The van der Waals surface area contributed by atoms with Gasteiger partial charge in [0, 0.05) is 30.7 Å². The van der Waals surface area contributed by atoms with E-state index in [1.54, 1.807) is 24.5 Å². The minimum atomic E-state index is -0.239. The molecular weight excluding hydrogens is 230 g/mol. The van der Waals surface area contributed by atoms with Crippen LogP contribution in [0.1, 0.15) is 17.3 Å². The second kappa shape index (κ2) is 5.72. The summed E-state index contributed by atoms with van der Waals surface area (Å²) in [5, 5.41) is 5.71. The molecule has 0 unspecified atom stereocenters. The quantitative estimate of drug-likeness (QED) is 0.851. The van der Waals surface area contributed by atoms with E-state index in [0.717, 1.165) is 6.54 Å². The Morgan fingerprint density at radius 1 is 1.22 bits per heavy atom. The fourth-order valence-corrected chi connectivity index (χ4v) is 1.40. The zero-order valence-corrected chi connectivity index (χ0v) is 9.92. The average molecular weight is 243 g/mol. The first-order valence-corrected chi connectivity index (χ1v) is 5.57. The van der Waals surface area contributed by atoms with Crippen molar-refractivity contribution in [2.45, 2.75) is 6.92 Å². The largest absolute Gasteiger partial charge is 0.370 e. The first-order valence-electron chi connectivity index (χ1n) is 5.57. The molecule has 0 radical (unpaired) electrons. The molecule has 6 heteroatoms. The van der Waals surface area contributed by atoms with Crippen molar-refractivity contribution in [1.29, 1.82) is 0 Å². The van der Waals surface area contributed by atoms with Crippen LogP contribution < -0.4 is 10.6 Å². The van der Waals surface area contributed by atoms with Crippen LogP contribution in [0, 0.1) is 0 Å². The van der Waals surface area contributed by atoms with Gasteiger partial charge in [-0.05, 0) is 19.1 Å². The lowest BCUT2D eigenvalue weighted by Crippen LogP contribution is -2.13. The molecule has 2 aromatic heterocycles. The van der Waals surface area contributed by atoms with Crippen molar-refractivity contribution in [3.63, 3.8) is 0 Å². The van der Waals surface area contributed by atoms with Gasteiger partial charge >= 0.3 is 0 Å². The number of nitrogens with one attached hydrogen (secondary N) is 2. The highest BCUT2D eigenvalue weighted by atomic mass is 16.1. The molecule has 0 fully saturated rings.